The molecule has 1 aliphatic rings. The second-order valence-electron chi connectivity index (χ2n) is 6.09. The van der Waals surface area contributed by atoms with Crippen molar-refractivity contribution in [2.75, 3.05) is 6.61 Å². The zero-order valence-electron chi connectivity index (χ0n) is 13.8. The van der Waals surface area contributed by atoms with Crippen molar-refractivity contribution in [2.24, 2.45) is 0 Å². The van der Waals surface area contributed by atoms with Crippen LogP contribution in [0, 0.1) is 13.8 Å². The smallest absolute Gasteiger partial charge is 0.276 e. The van der Waals surface area contributed by atoms with Gasteiger partial charge in [0.25, 0.3) is 5.91 Å². The number of hydrazine groups is 1. The van der Waals surface area contributed by atoms with E-state index in [1.165, 1.54) is 19.3 Å². The Morgan fingerprint density at radius 2 is 1.78 bits per heavy atom. The molecule has 3 N–H and O–H groups in total. The predicted molar refractivity (Wildman–Crippen MR) is 95.3 cm³/mol. The molecule has 0 atom stereocenters. The predicted octanol–water partition coefficient (Wildman–Crippen LogP) is 2.51. The molecule has 0 spiro atoms. The average molecular weight is 335 g/mol. The van der Waals surface area contributed by atoms with Gasteiger partial charge in [-0.25, -0.2) is 0 Å². The van der Waals surface area contributed by atoms with Crippen molar-refractivity contribution in [1.29, 1.82) is 0 Å². The SMILES string of the molecule is Cc1cc(C)cc(OCC(=O)NNC(=S)NC2CCCCC2)c1. The fraction of sp³-hybridized carbons (Fsp3) is 0.529. The Morgan fingerprint density at radius 1 is 1.13 bits per heavy atom. The summed E-state index contributed by atoms with van der Waals surface area (Å²) in [5, 5.41) is 3.68. The van der Waals surface area contributed by atoms with Gasteiger partial charge in [-0.2, -0.15) is 0 Å². The van der Waals surface area contributed by atoms with Gasteiger partial charge < -0.3 is 10.1 Å². The van der Waals surface area contributed by atoms with E-state index in [1.807, 2.05) is 26.0 Å². The van der Waals surface area contributed by atoms with Crippen molar-refractivity contribution in [3.63, 3.8) is 0 Å². The van der Waals surface area contributed by atoms with E-state index in [1.54, 1.807) is 0 Å². The molecular weight excluding hydrogens is 310 g/mol. The van der Waals surface area contributed by atoms with Gasteiger partial charge in [0.2, 0.25) is 0 Å². The number of thiocarbonyl (C=S) groups is 1. The van der Waals surface area contributed by atoms with Crippen molar-refractivity contribution in [1.82, 2.24) is 16.2 Å². The second-order valence-corrected chi connectivity index (χ2v) is 6.50. The number of amides is 1. The van der Waals surface area contributed by atoms with Crippen LogP contribution >= 0.6 is 12.2 Å². The molecule has 0 heterocycles. The zero-order chi connectivity index (χ0) is 16.7. The van der Waals surface area contributed by atoms with Crippen LogP contribution in [0.4, 0.5) is 0 Å². The van der Waals surface area contributed by atoms with Crippen molar-refractivity contribution < 1.29 is 9.53 Å². The molecule has 1 aromatic carbocycles. The number of carbonyl (C=O) groups excluding carboxylic acids is 1. The van der Waals surface area contributed by atoms with Crippen LogP contribution in [0.1, 0.15) is 43.2 Å². The topological polar surface area (TPSA) is 62.4 Å². The van der Waals surface area contributed by atoms with E-state index in [2.05, 4.69) is 22.2 Å². The molecule has 126 valence electrons. The van der Waals surface area contributed by atoms with E-state index >= 15 is 0 Å². The minimum atomic E-state index is -0.267. The summed E-state index contributed by atoms with van der Waals surface area (Å²) in [7, 11) is 0. The maximum atomic E-state index is 11.8. The largest absolute Gasteiger partial charge is 0.484 e. The molecule has 1 aliphatic carbocycles. The summed E-state index contributed by atoms with van der Waals surface area (Å²) in [4.78, 5) is 11.8. The third kappa shape index (κ3) is 6.44. The summed E-state index contributed by atoms with van der Waals surface area (Å²) in [6, 6.07) is 6.28. The number of aryl methyl sites for hydroxylation is 2. The summed E-state index contributed by atoms with van der Waals surface area (Å²) < 4.78 is 5.50. The zero-order valence-corrected chi connectivity index (χ0v) is 14.6. The molecule has 1 saturated carbocycles. The first-order valence-electron chi connectivity index (χ1n) is 8.09. The molecule has 6 heteroatoms. The summed E-state index contributed by atoms with van der Waals surface area (Å²) in [5.74, 6) is 0.428. The average Bonchev–Trinajstić information content (AvgIpc) is 2.51. The Morgan fingerprint density at radius 3 is 2.43 bits per heavy atom. The molecule has 1 fully saturated rings. The fourth-order valence-corrected chi connectivity index (χ4v) is 3.01. The van der Waals surface area contributed by atoms with E-state index in [-0.39, 0.29) is 12.5 Å². The van der Waals surface area contributed by atoms with Gasteiger partial charge >= 0.3 is 0 Å². The van der Waals surface area contributed by atoms with Crippen LogP contribution in [0.5, 0.6) is 5.75 Å². The van der Waals surface area contributed by atoms with Crippen LogP contribution in [0.2, 0.25) is 0 Å². The van der Waals surface area contributed by atoms with E-state index in [9.17, 15) is 4.79 Å². The van der Waals surface area contributed by atoms with Crippen molar-refractivity contribution in [2.45, 2.75) is 52.0 Å². The maximum Gasteiger partial charge on any atom is 0.276 e. The van der Waals surface area contributed by atoms with E-state index in [0.29, 0.717) is 16.9 Å². The number of rotatable bonds is 4. The normalized spacial score (nSPS) is 14.9. The lowest BCUT2D eigenvalue weighted by atomic mass is 9.96. The molecule has 2 rings (SSSR count). The van der Waals surface area contributed by atoms with E-state index < -0.39 is 0 Å². The summed E-state index contributed by atoms with van der Waals surface area (Å²) >= 11 is 5.19. The Hall–Kier alpha value is -1.82. The quantitative estimate of drug-likeness (QED) is 0.583. The van der Waals surface area contributed by atoms with E-state index in [0.717, 1.165) is 24.0 Å². The molecule has 0 aliphatic heterocycles. The Bertz CT molecular complexity index is 537. The van der Waals surface area contributed by atoms with Gasteiger partial charge in [0, 0.05) is 6.04 Å². The molecule has 1 aromatic rings. The first-order valence-corrected chi connectivity index (χ1v) is 8.50. The summed E-state index contributed by atoms with van der Waals surface area (Å²) in [6.45, 7) is 3.94. The van der Waals surface area contributed by atoms with Crippen LogP contribution in [-0.4, -0.2) is 23.7 Å². The monoisotopic (exact) mass is 335 g/mol. The van der Waals surface area contributed by atoms with Gasteiger partial charge in [-0.1, -0.05) is 25.3 Å². The maximum absolute atomic E-state index is 11.8. The number of nitrogens with one attached hydrogen (secondary N) is 3. The van der Waals surface area contributed by atoms with Gasteiger partial charge in [0.15, 0.2) is 11.7 Å². The Kier molecular flexibility index (Phi) is 6.65. The Balaban J connectivity index is 1.67. The lowest BCUT2D eigenvalue weighted by molar-refractivity contribution is -0.123. The number of benzene rings is 1. The van der Waals surface area contributed by atoms with Crippen molar-refractivity contribution in [3.8, 4) is 5.75 Å². The van der Waals surface area contributed by atoms with Crippen molar-refractivity contribution >= 4 is 23.2 Å². The minimum absolute atomic E-state index is 0.0536. The third-order valence-corrected chi connectivity index (χ3v) is 4.04. The highest BCUT2D eigenvalue weighted by molar-refractivity contribution is 7.80. The number of carbonyl (C=O) groups is 1. The molecule has 0 saturated heterocycles. The first-order chi connectivity index (χ1) is 11.0. The molecular formula is C17H25N3O2S. The van der Waals surface area contributed by atoms with Gasteiger partial charge in [-0.15, -0.1) is 0 Å². The number of ether oxygens (including phenoxy) is 1. The van der Waals surface area contributed by atoms with Gasteiger partial charge in [-0.05, 0) is 62.2 Å². The summed E-state index contributed by atoms with van der Waals surface area (Å²) in [6.07, 6.45) is 6.02. The molecule has 0 bridgehead atoms. The molecule has 23 heavy (non-hydrogen) atoms. The highest BCUT2D eigenvalue weighted by Crippen LogP contribution is 2.17. The third-order valence-electron chi connectivity index (χ3n) is 3.82. The van der Waals surface area contributed by atoms with Crippen molar-refractivity contribution in [3.05, 3.63) is 29.3 Å². The standard InChI is InChI=1S/C17H25N3O2S/c1-12-8-13(2)10-15(9-12)22-11-16(21)19-20-17(23)18-14-6-4-3-5-7-14/h8-10,14H,3-7,11H2,1-2H3,(H,19,21)(H2,18,20,23). The highest BCUT2D eigenvalue weighted by Gasteiger charge is 2.14. The van der Waals surface area contributed by atoms with Crippen LogP contribution in [0.3, 0.4) is 0 Å². The number of hydrogen-bond acceptors (Lipinski definition) is 3. The molecule has 0 unspecified atom stereocenters. The Labute approximate surface area is 143 Å². The minimum Gasteiger partial charge on any atom is -0.484 e. The van der Waals surface area contributed by atoms with Crippen LogP contribution in [-0.2, 0) is 4.79 Å². The fourth-order valence-electron chi connectivity index (χ4n) is 2.80. The van der Waals surface area contributed by atoms with Crippen LogP contribution in [0.25, 0.3) is 0 Å². The second kappa shape index (κ2) is 8.72. The van der Waals surface area contributed by atoms with Crippen LogP contribution in [0.15, 0.2) is 18.2 Å². The highest BCUT2D eigenvalue weighted by atomic mass is 32.1. The lowest BCUT2D eigenvalue weighted by Gasteiger charge is -2.24. The first kappa shape index (κ1) is 17.5. The number of hydrogen-bond donors (Lipinski definition) is 3. The van der Waals surface area contributed by atoms with Gasteiger partial charge in [0.1, 0.15) is 5.75 Å². The molecule has 0 aromatic heterocycles. The molecule has 5 nitrogen and oxygen atoms in total. The van der Waals surface area contributed by atoms with Crippen LogP contribution < -0.4 is 20.9 Å². The molecule has 1 amide bonds. The van der Waals surface area contributed by atoms with Gasteiger partial charge in [0.05, 0.1) is 0 Å². The molecule has 0 radical (unpaired) electrons. The summed E-state index contributed by atoms with van der Waals surface area (Å²) in [5.41, 5.74) is 7.50. The van der Waals surface area contributed by atoms with E-state index in [4.69, 9.17) is 17.0 Å². The lowest BCUT2D eigenvalue weighted by Crippen LogP contribution is -2.51. The van der Waals surface area contributed by atoms with Gasteiger partial charge in [-0.3, -0.25) is 15.6 Å².